The first-order valence-electron chi connectivity index (χ1n) is 4.99. The van der Waals surface area contributed by atoms with Gasteiger partial charge < -0.3 is 15.8 Å². The number of halogens is 1. The van der Waals surface area contributed by atoms with Gasteiger partial charge in [-0.1, -0.05) is 0 Å². The molecule has 17 heavy (non-hydrogen) atoms. The van der Waals surface area contributed by atoms with E-state index in [1.165, 1.54) is 6.20 Å². The molecule has 0 fully saturated rings. The van der Waals surface area contributed by atoms with Crippen molar-refractivity contribution in [3.8, 4) is 0 Å². The maximum Gasteiger partial charge on any atom is 0.255 e. The molecule has 1 aromatic rings. The number of carbonyl (C=O) groups excluding carboxylic acids is 1. The highest BCUT2D eigenvalue weighted by Crippen LogP contribution is 2.09. The average Bonchev–Trinajstić information content (AvgIpc) is 2.27. The fourth-order valence-electron chi connectivity index (χ4n) is 1.06. The Kier molecular flexibility index (Phi) is 5.91. The molecule has 1 rings (SSSR count). The number of carbonyl (C=O) groups is 1. The maximum absolute atomic E-state index is 11.7. The highest BCUT2D eigenvalue weighted by atomic mass is 35.5. The van der Waals surface area contributed by atoms with Crippen molar-refractivity contribution in [1.29, 1.82) is 0 Å². The van der Waals surface area contributed by atoms with E-state index in [-0.39, 0.29) is 18.3 Å². The number of rotatable bonds is 4. The Hall–Kier alpha value is -1.33. The highest BCUT2D eigenvalue weighted by Gasteiger charge is 2.18. The van der Waals surface area contributed by atoms with Crippen LogP contribution in [-0.4, -0.2) is 30.1 Å². The standard InChI is InChI=1S/C11H17N3O2.ClH/c1-11(2,16-3)7-14-10(15)8-6-13-5-4-9(8)12;/h4-6H,7H2,1-3H3,(H2,12,13)(H,14,15);1H. The van der Waals surface area contributed by atoms with Gasteiger partial charge in [-0.3, -0.25) is 9.78 Å². The van der Waals surface area contributed by atoms with Crippen LogP contribution in [0, 0.1) is 0 Å². The average molecular weight is 260 g/mol. The Morgan fingerprint density at radius 3 is 2.76 bits per heavy atom. The van der Waals surface area contributed by atoms with Crippen LogP contribution < -0.4 is 11.1 Å². The third-order valence-electron chi connectivity index (χ3n) is 2.33. The van der Waals surface area contributed by atoms with Crippen molar-refractivity contribution in [2.75, 3.05) is 19.4 Å². The van der Waals surface area contributed by atoms with Gasteiger partial charge in [0.25, 0.3) is 5.91 Å². The molecule has 0 aliphatic heterocycles. The molecule has 0 saturated heterocycles. The first kappa shape index (κ1) is 15.7. The number of anilines is 1. The number of nitrogen functional groups attached to an aromatic ring is 1. The second kappa shape index (κ2) is 6.42. The Bertz CT molecular complexity index is 383. The number of ether oxygens (including phenoxy) is 1. The van der Waals surface area contributed by atoms with E-state index in [1.54, 1.807) is 19.4 Å². The van der Waals surface area contributed by atoms with Gasteiger partial charge in [0, 0.05) is 31.7 Å². The third kappa shape index (κ3) is 4.58. The summed E-state index contributed by atoms with van der Waals surface area (Å²) in [5.41, 5.74) is 6.07. The van der Waals surface area contributed by atoms with Gasteiger partial charge in [-0.05, 0) is 19.9 Å². The molecule has 96 valence electrons. The van der Waals surface area contributed by atoms with Gasteiger partial charge in [-0.15, -0.1) is 12.4 Å². The minimum absolute atomic E-state index is 0. The van der Waals surface area contributed by atoms with Crippen molar-refractivity contribution in [2.24, 2.45) is 0 Å². The summed E-state index contributed by atoms with van der Waals surface area (Å²) in [6, 6.07) is 1.59. The number of hydrogen-bond donors (Lipinski definition) is 2. The van der Waals surface area contributed by atoms with E-state index in [1.807, 2.05) is 13.8 Å². The Morgan fingerprint density at radius 1 is 1.59 bits per heavy atom. The summed E-state index contributed by atoms with van der Waals surface area (Å²) in [5, 5.41) is 2.75. The quantitative estimate of drug-likeness (QED) is 0.853. The summed E-state index contributed by atoms with van der Waals surface area (Å²) in [7, 11) is 1.60. The van der Waals surface area contributed by atoms with Crippen molar-refractivity contribution < 1.29 is 9.53 Å². The number of amides is 1. The lowest BCUT2D eigenvalue weighted by Crippen LogP contribution is -2.39. The zero-order valence-electron chi connectivity index (χ0n) is 10.2. The predicted molar refractivity (Wildman–Crippen MR) is 69.3 cm³/mol. The van der Waals surface area contributed by atoms with Crippen LogP contribution in [0.15, 0.2) is 18.5 Å². The van der Waals surface area contributed by atoms with Crippen molar-refractivity contribution in [1.82, 2.24) is 10.3 Å². The molecule has 0 saturated carbocycles. The molecule has 0 aliphatic carbocycles. The molecule has 6 heteroatoms. The molecule has 0 atom stereocenters. The predicted octanol–water partition coefficient (Wildman–Crippen LogP) is 1.24. The van der Waals surface area contributed by atoms with Crippen LogP contribution in [0.5, 0.6) is 0 Å². The third-order valence-corrected chi connectivity index (χ3v) is 2.33. The molecular formula is C11H18ClN3O2. The summed E-state index contributed by atoms with van der Waals surface area (Å²) in [5.74, 6) is -0.240. The maximum atomic E-state index is 11.7. The van der Waals surface area contributed by atoms with Gasteiger partial charge in [-0.2, -0.15) is 0 Å². The minimum Gasteiger partial charge on any atom is -0.398 e. The molecule has 5 nitrogen and oxygen atoms in total. The normalized spacial score (nSPS) is 10.5. The molecule has 0 aromatic carbocycles. The van der Waals surface area contributed by atoms with E-state index < -0.39 is 5.60 Å². The minimum atomic E-state index is -0.396. The van der Waals surface area contributed by atoms with Gasteiger partial charge in [0.2, 0.25) is 0 Å². The number of nitrogens with zero attached hydrogens (tertiary/aromatic N) is 1. The summed E-state index contributed by atoms with van der Waals surface area (Å²) >= 11 is 0. The molecule has 0 unspecified atom stereocenters. The van der Waals surface area contributed by atoms with Crippen LogP contribution in [0.2, 0.25) is 0 Å². The van der Waals surface area contributed by atoms with Crippen LogP contribution >= 0.6 is 12.4 Å². The van der Waals surface area contributed by atoms with Crippen molar-refractivity contribution in [3.05, 3.63) is 24.0 Å². The first-order chi connectivity index (χ1) is 7.46. The lowest BCUT2D eigenvalue weighted by molar-refractivity contribution is 0.0229. The summed E-state index contributed by atoms with van der Waals surface area (Å²) in [4.78, 5) is 15.6. The van der Waals surface area contributed by atoms with Crippen molar-refractivity contribution >= 4 is 24.0 Å². The number of nitrogens with one attached hydrogen (secondary N) is 1. The lowest BCUT2D eigenvalue weighted by atomic mass is 10.1. The topological polar surface area (TPSA) is 77.2 Å². The van der Waals surface area contributed by atoms with Gasteiger partial charge in [0.15, 0.2) is 0 Å². The van der Waals surface area contributed by atoms with E-state index in [4.69, 9.17) is 10.5 Å². The molecular weight excluding hydrogens is 242 g/mol. The first-order valence-corrected chi connectivity index (χ1v) is 4.99. The van der Waals surface area contributed by atoms with E-state index in [2.05, 4.69) is 10.3 Å². The Balaban J connectivity index is 0.00000256. The zero-order valence-corrected chi connectivity index (χ0v) is 11.0. The second-order valence-corrected chi connectivity index (χ2v) is 4.11. The number of hydrogen-bond acceptors (Lipinski definition) is 4. The molecule has 1 aromatic heterocycles. The molecule has 3 N–H and O–H groups in total. The summed E-state index contributed by atoms with van der Waals surface area (Å²) in [6.07, 6.45) is 3.00. The fourth-order valence-corrected chi connectivity index (χ4v) is 1.06. The second-order valence-electron chi connectivity index (χ2n) is 4.11. The number of nitrogens with two attached hydrogens (primary N) is 1. The number of pyridine rings is 1. The van der Waals surface area contributed by atoms with E-state index in [0.717, 1.165) is 0 Å². The van der Waals surface area contributed by atoms with E-state index >= 15 is 0 Å². The molecule has 0 spiro atoms. The van der Waals surface area contributed by atoms with Crippen LogP contribution in [0.25, 0.3) is 0 Å². The van der Waals surface area contributed by atoms with Crippen LogP contribution in [0.1, 0.15) is 24.2 Å². The molecule has 0 radical (unpaired) electrons. The monoisotopic (exact) mass is 259 g/mol. The molecule has 1 heterocycles. The summed E-state index contributed by atoms with van der Waals surface area (Å²) in [6.45, 7) is 4.19. The molecule has 1 amide bonds. The SMILES string of the molecule is COC(C)(C)CNC(=O)c1cnccc1N.Cl. The molecule has 0 bridgehead atoms. The van der Waals surface area contributed by atoms with Crippen LogP contribution in [0.4, 0.5) is 5.69 Å². The molecule has 0 aliphatic rings. The van der Waals surface area contributed by atoms with Gasteiger partial charge in [0.1, 0.15) is 0 Å². The smallest absolute Gasteiger partial charge is 0.255 e. The van der Waals surface area contributed by atoms with Gasteiger partial charge >= 0.3 is 0 Å². The van der Waals surface area contributed by atoms with Gasteiger partial charge in [0.05, 0.1) is 11.2 Å². The summed E-state index contributed by atoms with van der Waals surface area (Å²) < 4.78 is 5.19. The van der Waals surface area contributed by atoms with Gasteiger partial charge in [-0.25, -0.2) is 0 Å². The van der Waals surface area contributed by atoms with E-state index in [9.17, 15) is 4.79 Å². The highest BCUT2D eigenvalue weighted by molar-refractivity contribution is 5.98. The number of aromatic nitrogens is 1. The Morgan fingerprint density at radius 2 is 2.24 bits per heavy atom. The fraction of sp³-hybridized carbons (Fsp3) is 0.455. The zero-order chi connectivity index (χ0) is 12.2. The van der Waals surface area contributed by atoms with Crippen molar-refractivity contribution in [2.45, 2.75) is 19.4 Å². The lowest BCUT2D eigenvalue weighted by Gasteiger charge is -2.23. The Labute approximate surface area is 107 Å². The van der Waals surface area contributed by atoms with Crippen molar-refractivity contribution in [3.63, 3.8) is 0 Å². The van der Waals surface area contributed by atoms with Crippen LogP contribution in [-0.2, 0) is 4.74 Å². The number of methoxy groups -OCH3 is 1. The van der Waals surface area contributed by atoms with E-state index in [0.29, 0.717) is 17.8 Å². The van der Waals surface area contributed by atoms with Crippen LogP contribution in [0.3, 0.4) is 0 Å². The largest absolute Gasteiger partial charge is 0.398 e.